The summed E-state index contributed by atoms with van der Waals surface area (Å²) < 4.78 is 5.33. The number of aliphatic carboxylic acids is 1. The fraction of sp³-hybridized carbons (Fsp3) is 0.263. The van der Waals surface area contributed by atoms with Gasteiger partial charge in [0.2, 0.25) is 0 Å². The Hall–Kier alpha value is -2.37. The topological polar surface area (TPSA) is 75.6 Å². The number of hydrogen-bond donors (Lipinski definition) is 2. The van der Waals surface area contributed by atoms with E-state index in [4.69, 9.17) is 16.3 Å². The van der Waals surface area contributed by atoms with Crippen molar-refractivity contribution in [1.29, 1.82) is 0 Å². The van der Waals surface area contributed by atoms with Crippen LogP contribution >= 0.6 is 11.6 Å². The van der Waals surface area contributed by atoms with Crippen LogP contribution in [-0.2, 0) is 11.3 Å². The molecule has 1 unspecified atom stereocenters. The lowest BCUT2D eigenvalue weighted by Gasteiger charge is -2.14. The zero-order chi connectivity index (χ0) is 18.2. The third kappa shape index (κ3) is 5.89. The summed E-state index contributed by atoms with van der Waals surface area (Å²) >= 11 is 5.82. The van der Waals surface area contributed by atoms with Gasteiger partial charge >= 0.3 is 5.97 Å². The molecule has 0 fully saturated rings. The predicted molar refractivity (Wildman–Crippen MR) is 96.3 cm³/mol. The highest BCUT2D eigenvalue weighted by atomic mass is 35.5. The van der Waals surface area contributed by atoms with Crippen LogP contribution in [0, 0.1) is 0 Å². The Morgan fingerprint density at radius 3 is 2.32 bits per heavy atom. The van der Waals surface area contributed by atoms with Crippen LogP contribution in [0.15, 0.2) is 48.5 Å². The first kappa shape index (κ1) is 19.0. The van der Waals surface area contributed by atoms with E-state index in [1.165, 1.54) is 0 Å². The number of carbonyl (C=O) groups excluding carboxylic acids is 1. The first-order valence-corrected chi connectivity index (χ1v) is 8.34. The monoisotopic (exact) mass is 361 g/mol. The second-order valence-electron chi connectivity index (χ2n) is 5.48. The zero-order valence-electron chi connectivity index (χ0n) is 13.9. The molecule has 0 bridgehead atoms. The lowest BCUT2D eigenvalue weighted by atomic mass is 10.0. The quantitative estimate of drug-likeness (QED) is 0.668. The number of carboxylic acid groups (broad SMARTS) is 1. The highest BCUT2D eigenvalue weighted by Gasteiger charge is 2.21. The third-order valence-electron chi connectivity index (χ3n) is 3.64. The van der Waals surface area contributed by atoms with E-state index in [9.17, 15) is 14.7 Å². The fourth-order valence-electron chi connectivity index (χ4n) is 2.30. The summed E-state index contributed by atoms with van der Waals surface area (Å²) in [5.41, 5.74) is 1.35. The summed E-state index contributed by atoms with van der Waals surface area (Å²) in [5, 5.41) is 12.9. The van der Waals surface area contributed by atoms with Gasteiger partial charge in [0, 0.05) is 23.6 Å². The number of halogens is 1. The minimum Gasteiger partial charge on any atom is -0.494 e. The molecule has 6 heteroatoms. The van der Waals surface area contributed by atoms with Crippen LogP contribution in [0.3, 0.4) is 0 Å². The predicted octanol–water partition coefficient (Wildman–Crippen LogP) is 3.55. The second-order valence-corrected chi connectivity index (χ2v) is 5.92. The summed E-state index contributed by atoms with van der Waals surface area (Å²) in [4.78, 5) is 23.7. The standard InChI is InChI=1S/C19H20ClNO4/c1-2-25-16-9-5-14(6-10-16)18(22)11-17(19(23)24)21-12-13-3-7-15(20)8-4-13/h3-10,17,21H,2,11-12H2,1H3,(H,23,24). The van der Waals surface area contributed by atoms with Gasteiger partial charge in [0.1, 0.15) is 11.8 Å². The van der Waals surface area contributed by atoms with Crippen LogP contribution in [0.1, 0.15) is 29.3 Å². The fourth-order valence-corrected chi connectivity index (χ4v) is 2.42. The number of ketones is 1. The number of benzene rings is 2. The molecule has 0 aliphatic heterocycles. The molecule has 132 valence electrons. The van der Waals surface area contributed by atoms with E-state index in [2.05, 4.69) is 5.32 Å². The highest BCUT2D eigenvalue weighted by Crippen LogP contribution is 2.15. The van der Waals surface area contributed by atoms with Gasteiger partial charge < -0.3 is 9.84 Å². The van der Waals surface area contributed by atoms with Gasteiger partial charge in [-0.25, -0.2) is 0 Å². The smallest absolute Gasteiger partial charge is 0.321 e. The van der Waals surface area contributed by atoms with Gasteiger partial charge in [0.15, 0.2) is 5.78 Å². The molecule has 0 amide bonds. The second kappa shape index (κ2) is 9.20. The van der Waals surface area contributed by atoms with E-state index in [0.717, 1.165) is 5.56 Å². The molecule has 1 atom stereocenters. The summed E-state index contributed by atoms with van der Waals surface area (Å²) in [5.74, 6) is -0.623. The van der Waals surface area contributed by atoms with Crippen molar-refractivity contribution < 1.29 is 19.4 Å². The molecule has 2 N–H and O–H groups in total. The van der Waals surface area contributed by atoms with Crippen molar-refractivity contribution in [1.82, 2.24) is 5.32 Å². The van der Waals surface area contributed by atoms with E-state index in [-0.39, 0.29) is 12.2 Å². The van der Waals surface area contributed by atoms with Crippen molar-refractivity contribution in [2.75, 3.05) is 6.61 Å². The number of ether oxygens (including phenoxy) is 1. The molecule has 0 radical (unpaired) electrons. The molecule has 5 nitrogen and oxygen atoms in total. The maximum absolute atomic E-state index is 12.3. The molecule has 0 aliphatic rings. The summed E-state index contributed by atoms with van der Waals surface area (Å²) in [6.45, 7) is 2.76. The van der Waals surface area contributed by atoms with Crippen LogP contribution in [0.2, 0.25) is 5.02 Å². The van der Waals surface area contributed by atoms with E-state index >= 15 is 0 Å². The number of carboxylic acids is 1. The first-order chi connectivity index (χ1) is 12.0. The summed E-state index contributed by atoms with van der Waals surface area (Å²) in [6.07, 6.45) is -0.128. The Kier molecular flexibility index (Phi) is 6.98. The normalized spacial score (nSPS) is 11.8. The lowest BCUT2D eigenvalue weighted by Crippen LogP contribution is -2.38. The minimum absolute atomic E-state index is 0.128. The Bertz CT molecular complexity index is 713. The number of Topliss-reactive ketones (excluding diaryl/α,β-unsaturated/α-hetero) is 1. The molecule has 0 spiro atoms. The van der Waals surface area contributed by atoms with E-state index in [1.807, 2.05) is 19.1 Å². The van der Waals surface area contributed by atoms with Gasteiger partial charge in [-0.15, -0.1) is 0 Å². The van der Waals surface area contributed by atoms with E-state index in [0.29, 0.717) is 29.5 Å². The van der Waals surface area contributed by atoms with Gasteiger partial charge in [0.25, 0.3) is 0 Å². The molecule has 2 aromatic carbocycles. The van der Waals surface area contributed by atoms with Crippen LogP contribution in [0.25, 0.3) is 0 Å². The summed E-state index contributed by atoms with van der Waals surface area (Å²) in [7, 11) is 0. The van der Waals surface area contributed by atoms with Crippen molar-refractivity contribution in [3.8, 4) is 5.75 Å². The molecular formula is C19H20ClNO4. The van der Waals surface area contributed by atoms with Crippen LogP contribution in [0.4, 0.5) is 0 Å². The Morgan fingerprint density at radius 1 is 1.12 bits per heavy atom. The molecule has 0 saturated carbocycles. The van der Waals surface area contributed by atoms with Crippen molar-refractivity contribution in [2.45, 2.75) is 25.9 Å². The molecule has 0 heterocycles. The Balaban J connectivity index is 1.96. The van der Waals surface area contributed by atoms with Crippen LogP contribution < -0.4 is 10.1 Å². The third-order valence-corrected chi connectivity index (χ3v) is 3.89. The van der Waals surface area contributed by atoms with Gasteiger partial charge in [0.05, 0.1) is 6.61 Å². The zero-order valence-corrected chi connectivity index (χ0v) is 14.6. The first-order valence-electron chi connectivity index (χ1n) is 7.96. The average Bonchev–Trinajstić information content (AvgIpc) is 2.60. The van der Waals surface area contributed by atoms with Crippen molar-refractivity contribution in [2.24, 2.45) is 0 Å². The number of carbonyl (C=O) groups is 2. The molecule has 25 heavy (non-hydrogen) atoms. The minimum atomic E-state index is -1.06. The van der Waals surface area contributed by atoms with Crippen molar-refractivity contribution >= 4 is 23.4 Å². The Morgan fingerprint density at radius 2 is 1.76 bits per heavy atom. The van der Waals surface area contributed by atoms with E-state index < -0.39 is 12.0 Å². The Labute approximate surface area is 151 Å². The van der Waals surface area contributed by atoms with Crippen LogP contribution in [-0.4, -0.2) is 29.5 Å². The van der Waals surface area contributed by atoms with Gasteiger partial charge in [-0.05, 0) is 48.9 Å². The summed E-state index contributed by atoms with van der Waals surface area (Å²) in [6, 6.07) is 12.8. The molecule has 0 aliphatic carbocycles. The highest BCUT2D eigenvalue weighted by molar-refractivity contribution is 6.30. The molecule has 2 aromatic rings. The van der Waals surface area contributed by atoms with E-state index in [1.54, 1.807) is 36.4 Å². The number of rotatable bonds is 9. The molecular weight excluding hydrogens is 342 g/mol. The SMILES string of the molecule is CCOc1ccc(C(=O)CC(NCc2ccc(Cl)cc2)C(=O)O)cc1. The van der Waals surface area contributed by atoms with Crippen molar-refractivity contribution in [3.05, 3.63) is 64.7 Å². The number of nitrogens with one attached hydrogen (secondary N) is 1. The maximum Gasteiger partial charge on any atom is 0.321 e. The number of hydrogen-bond acceptors (Lipinski definition) is 4. The van der Waals surface area contributed by atoms with Crippen molar-refractivity contribution in [3.63, 3.8) is 0 Å². The maximum atomic E-state index is 12.3. The molecule has 0 saturated heterocycles. The lowest BCUT2D eigenvalue weighted by molar-refractivity contribution is -0.139. The van der Waals surface area contributed by atoms with Crippen LogP contribution in [0.5, 0.6) is 5.75 Å². The van der Waals surface area contributed by atoms with Gasteiger partial charge in [-0.1, -0.05) is 23.7 Å². The van der Waals surface area contributed by atoms with Gasteiger partial charge in [-0.3, -0.25) is 14.9 Å². The molecule has 2 rings (SSSR count). The average molecular weight is 362 g/mol. The molecule has 0 aromatic heterocycles. The largest absolute Gasteiger partial charge is 0.494 e. The van der Waals surface area contributed by atoms with Gasteiger partial charge in [-0.2, -0.15) is 0 Å².